The number of hydrogen-bond acceptors (Lipinski definition) is 3. The maximum Gasteiger partial charge on any atom is 0.128 e. The second-order valence-electron chi connectivity index (χ2n) is 5.55. The molecule has 2 aromatic rings. The van der Waals surface area contributed by atoms with E-state index in [1.54, 1.807) is 43.4 Å². The van der Waals surface area contributed by atoms with Crippen LogP contribution in [0.4, 0.5) is 8.78 Å². The van der Waals surface area contributed by atoms with Crippen molar-refractivity contribution >= 4 is 0 Å². The van der Waals surface area contributed by atoms with Crippen molar-refractivity contribution in [3.05, 3.63) is 71.3 Å². The fraction of sp³-hybridized carbons (Fsp3) is 0.333. The van der Waals surface area contributed by atoms with E-state index < -0.39 is 6.10 Å². The molecule has 23 heavy (non-hydrogen) atoms. The minimum Gasteiger partial charge on any atom is -0.389 e. The lowest BCUT2D eigenvalue weighted by Gasteiger charge is -2.21. The van der Waals surface area contributed by atoms with Crippen LogP contribution in [0.5, 0.6) is 0 Å². The molecule has 0 aliphatic rings. The summed E-state index contributed by atoms with van der Waals surface area (Å²) < 4.78 is 32.3. The van der Waals surface area contributed by atoms with Crippen molar-refractivity contribution in [3.63, 3.8) is 0 Å². The van der Waals surface area contributed by atoms with Gasteiger partial charge in [-0.3, -0.25) is 4.90 Å². The van der Waals surface area contributed by atoms with Gasteiger partial charge in [0.1, 0.15) is 11.6 Å². The van der Waals surface area contributed by atoms with E-state index in [4.69, 9.17) is 4.74 Å². The standard InChI is InChI=1S/C18H21F2NO2/c1-21(10-14-6-2-4-8-17(14)19)11-16(22)13-23-12-15-7-3-5-9-18(15)20/h2-9,16,22H,10-13H2,1H3. The Kier molecular flexibility index (Phi) is 6.65. The maximum absolute atomic E-state index is 13.6. The molecule has 1 N–H and O–H groups in total. The molecule has 0 amide bonds. The van der Waals surface area contributed by atoms with Gasteiger partial charge in [-0.1, -0.05) is 36.4 Å². The topological polar surface area (TPSA) is 32.7 Å². The van der Waals surface area contributed by atoms with Crippen LogP contribution in [-0.2, 0) is 17.9 Å². The smallest absolute Gasteiger partial charge is 0.128 e. The van der Waals surface area contributed by atoms with Gasteiger partial charge in [0.25, 0.3) is 0 Å². The van der Waals surface area contributed by atoms with Gasteiger partial charge in [-0.25, -0.2) is 8.78 Å². The zero-order valence-electron chi connectivity index (χ0n) is 13.1. The van der Waals surface area contributed by atoms with Gasteiger partial charge < -0.3 is 9.84 Å². The van der Waals surface area contributed by atoms with Gasteiger partial charge in [0.05, 0.1) is 19.3 Å². The van der Waals surface area contributed by atoms with Crippen LogP contribution in [-0.4, -0.2) is 36.3 Å². The average Bonchev–Trinajstić information content (AvgIpc) is 2.51. The summed E-state index contributed by atoms with van der Waals surface area (Å²) in [7, 11) is 1.80. The van der Waals surface area contributed by atoms with Gasteiger partial charge in [0.2, 0.25) is 0 Å². The molecule has 5 heteroatoms. The van der Waals surface area contributed by atoms with Crippen molar-refractivity contribution in [1.29, 1.82) is 0 Å². The Morgan fingerprint density at radius 2 is 1.57 bits per heavy atom. The van der Waals surface area contributed by atoms with E-state index in [1.807, 2.05) is 4.90 Å². The summed E-state index contributed by atoms with van der Waals surface area (Å²) in [6.07, 6.45) is -0.724. The first kappa shape index (κ1) is 17.5. The fourth-order valence-electron chi connectivity index (χ4n) is 2.31. The summed E-state index contributed by atoms with van der Waals surface area (Å²) in [4.78, 5) is 1.82. The van der Waals surface area contributed by atoms with E-state index in [-0.39, 0.29) is 24.8 Å². The molecule has 0 radical (unpaired) electrons. The molecule has 0 bridgehead atoms. The molecule has 0 heterocycles. The average molecular weight is 321 g/mol. The van der Waals surface area contributed by atoms with Crippen LogP contribution in [0, 0.1) is 11.6 Å². The van der Waals surface area contributed by atoms with Crippen molar-refractivity contribution in [2.75, 3.05) is 20.2 Å². The Labute approximate surface area is 135 Å². The highest BCUT2D eigenvalue weighted by Gasteiger charge is 2.11. The number of likely N-dealkylation sites (N-methyl/N-ethyl adjacent to an activating group) is 1. The van der Waals surface area contributed by atoms with Crippen LogP contribution < -0.4 is 0 Å². The van der Waals surface area contributed by atoms with E-state index in [2.05, 4.69) is 0 Å². The summed E-state index contributed by atoms with van der Waals surface area (Å²) in [5, 5.41) is 9.96. The first-order chi connectivity index (χ1) is 11.1. The zero-order valence-corrected chi connectivity index (χ0v) is 13.1. The molecule has 0 saturated heterocycles. The van der Waals surface area contributed by atoms with Crippen LogP contribution in [0.1, 0.15) is 11.1 Å². The predicted octanol–water partition coefficient (Wildman–Crippen LogP) is 2.97. The highest BCUT2D eigenvalue weighted by atomic mass is 19.1. The van der Waals surface area contributed by atoms with Crippen molar-refractivity contribution in [2.24, 2.45) is 0 Å². The minimum atomic E-state index is -0.724. The van der Waals surface area contributed by atoms with Gasteiger partial charge in [0, 0.05) is 24.2 Å². The predicted molar refractivity (Wildman–Crippen MR) is 84.8 cm³/mol. The lowest BCUT2D eigenvalue weighted by Crippen LogP contribution is -2.32. The molecular formula is C18H21F2NO2. The summed E-state index contributed by atoms with van der Waals surface area (Å²) in [5.74, 6) is -0.580. The summed E-state index contributed by atoms with van der Waals surface area (Å²) >= 11 is 0. The third-order valence-electron chi connectivity index (χ3n) is 3.45. The van der Waals surface area contributed by atoms with E-state index in [0.717, 1.165) is 0 Å². The third-order valence-corrected chi connectivity index (χ3v) is 3.45. The second kappa shape index (κ2) is 8.72. The molecule has 0 aliphatic carbocycles. The fourth-order valence-corrected chi connectivity index (χ4v) is 2.31. The number of rotatable bonds is 8. The van der Waals surface area contributed by atoms with E-state index >= 15 is 0 Å². The van der Waals surface area contributed by atoms with Gasteiger partial charge in [0.15, 0.2) is 0 Å². The minimum absolute atomic E-state index is 0.0932. The maximum atomic E-state index is 13.6. The number of ether oxygens (including phenoxy) is 1. The lowest BCUT2D eigenvalue weighted by molar-refractivity contribution is 0.0118. The molecule has 0 fully saturated rings. The Balaban J connectivity index is 1.73. The Hall–Kier alpha value is -1.82. The monoisotopic (exact) mass is 321 g/mol. The summed E-state index contributed by atoms with van der Waals surface area (Å²) in [6, 6.07) is 12.9. The molecule has 2 aromatic carbocycles. The van der Waals surface area contributed by atoms with E-state index in [1.165, 1.54) is 12.1 Å². The van der Waals surface area contributed by atoms with Crippen molar-refractivity contribution in [2.45, 2.75) is 19.3 Å². The Morgan fingerprint density at radius 3 is 2.17 bits per heavy atom. The summed E-state index contributed by atoms with van der Waals surface area (Å²) in [5.41, 5.74) is 1.04. The number of hydrogen-bond donors (Lipinski definition) is 1. The molecule has 1 atom stereocenters. The van der Waals surface area contributed by atoms with Crippen LogP contribution in [0.15, 0.2) is 48.5 Å². The molecule has 0 spiro atoms. The van der Waals surface area contributed by atoms with E-state index in [0.29, 0.717) is 24.2 Å². The molecule has 124 valence electrons. The number of benzene rings is 2. The molecule has 2 rings (SSSR count). The number of aliphatic hydroxyl groups is 1. The van der Waals surface area contributed by atoms with Crippen molar-refractivity contribution in [3.8, 4) is 0 Å². The van der Waals surface area contributed by atoms with Crippen LogP contribution >= 0.6 is 0 Å². The molecular weight excluding hydrogens is 300 g/mol. The normalized spacial score (nSPS) is 12.6. The Morgan fingerprint density at radius 1 is 1.00 bits per heavy atom. The quantitative estimate of drug-likeness (QED) is 0.811. The van der Waals surface area contributed by atoms with Gasteiger partial charge in [-0.05, 0) is 19.2 Å². The number of aliphatic hydroxyl groups excluding tert-OH is 1. The van der Waals surface area contributed by atoms with Crippen molar-refractivity contribution in [1.82, 2.24) is 4.90 Å². The van der Waals surface area contributed by atoms with E-state index in [9.17, 15) is 13.9 Å². The van der Waals surface area contributed by atoms with Crippen LogP contribution in [0.2, 0.25) is 0 Å². The third kappa shape index (κ3) is 5.71. The number of nitrogens with zero attached hydrogens (tertiary/aromatic N) is 1. The number of halogens is 2. The first-order valence-corrected chi connectivity index (χ1v) is 7.47. The molecule has 0 saturated carbocycles. The second-order valence-corrected chi connectivity index (χ2v) is 5.55. The van der Waals surface area contributed by atoms with Gasteiger partial charge in [-0.15, -0.1) is 0 Å². The largest absolute Gasteiger partial charge is 0.389 e. The molecule has 3 nitrogen and oxygen atoms in total. The van der Waals surface area contributed by atoms with Crippen molar-refractivity contribution < 1.29 is 18.6 Å². The molecule has 0 aromatic heterocycles. The highest BCUT2D eigenvalue weighted by Crippen LogP contribution is 2.10. The van der Waals surface area contributed by atoms with Crippen LogP contribution in [0.25, 0.3) is 0 Å². The SMILES string of the molecule is CN(Cc1ccccc1F)CC(O)COCc1ccccc1F. The van der Waals surface area contributed by atoms with Gasteiger partial charge >= 0.3 is 0 Å². The zero-order chi connectivity index (χ0) is 16.7. The highest BCUT2D eigenvalue weighted by molar-refractivity contribution is 5.17. The van der Waals surface area contributed by atoms with Gasteiger partial charge in [-0.2, -0.15) is 0 Å². The van der Waals surface area contributed by atoms with Crippen LogP contribution in [0.3, 0.4) is 0 Å². The summed E-state index contributed by atoms with van der Waals surface area (Å²) in [6.45, 7) is 0.944. The molecule has 0 aliphatic heterocycles. The lowest BCUT2D eigenvalue weighted by atomic mass is 10.2. The first-order valence-electron chi connectivity index (χ1n) is 7.47. The molecule has 1 unspecified atom stereocenters. The Bertz CT molecular complexity index is 621.